The first kappa shape index (κ1) is 28.9. The SMILES string of the molecule is C\C=C/C=C(\C(=C\CC)Oc1c(C)c(C(=O)NCc2ccc(CC)cn2)nn1CC(C)C)C(F)(F)F. The predicted octanol–water partition coefficient (Wildman–Crippen LogP) is 6.47. The number of nitrogens with one attached hydrogen (secondary N) is 1. The number of pyridine rings is 1. The lowest BCUT2D eigenvalue weighted by Gasteiger charge is -2.18. The van der Waals surface area contributed by atoms with Crippen molar-refractivity contribution in [3.05, 3.63) is 76.5 Å². The number of hydrogen-bond acceptors (Lipinski definition) is 4. The molecule has 0 spiro atoms. The Labute approximate surface area is 211 Å². The number of carbonyl (C=O) groups excluding carboxylic acids is 1. The first-order valence-electron chi connectivity index (χ1n) is 12.1. The van der Waals surface area contributed by atoms with E-state index in [1.165, 1.54) is 22.9 Å². The molecular formula is C27H35F3N4O2. The minimum absolute atomic E-state index is 0.0951. The zero-order valence-electron chi connectivity index (χ0n) is 21.7. The van der Waals surface area contributed by atoms with Crippen molar-refractivity contribution >= 4 is 5.91 Å². The number of ether oxygens (including phenoxy) is 1. The van der Waals surface area contributed by atoms with E-state index in [-0.39, 0.29) is 29.8 Å². The maximum atomic E-state index is 13.9. The van der Waals surface area contributed by atoms with Gasteiger partial charge in [0.1, 0.15) is 5.76 Å². The number of aromatic nitrogens is 3. The molecule has 0 fully saturated rings. The third kappa shape index (κ3) is 7.83. The van der Waals surface area contributed by atoms with Gasteiger partial charge in [0.25, 0.3) is 5.91 Å². The lowest BCUT2D eigenvalue weighted by molar-refractivity contribution is -0.0921. The molecule has 2 heterocycles. The van der Waals surface area contributed by atoms with E-state index in [9.17, 15) is 18.0 Å². The van der Waals surface area contributed by atoms with Gasteiger partial charge in [0, 0.05) is 18.3 Å². The van der Waals surface area contributed by atoms with E-state index in [1.54, 1.807) is 27.0 Å². The van der Waals surface area contributed by atoms with Crippen LogP contribution < -0.4 is 10.1 Å². The number of amides is 1. The van der Waals surface area contributed by atoms with Crippen LogP contribution in [0.1, 0.15) is 68.3 Å². The van der Waals surface area contributed by atoms with Crippen molar-refractivity contribution in [3.63, 3.8) is 0 Å². The largest absolute Gasteiger partial charge is 0.439 e. The Morgan fingerprint density at radius 3 is 2.50 bits per heavy atom. The number of allylic oxidation sites excluding steroid dienone is 5. The number of aryl methyl sites for hydroxylation is 1. The molecule has 2 aromatic rings. The Kier molecular flexibility index (Phi) is 10.5. The van der Waals surface area contributed by atoms with E-state index in [4.69, 9.17) is 4.74 Å². The van der Waals surface area contributed by atoms with Crippen LogP contribution in [0.4, 0.5) is 13.2 Å². The summed E-state index contributed by atoms with van der Waals surface area (Å²) in [5, 5.41) is 7.20. The molecule has 0 radical (unpaired) electrons. The highest BCUT2D eigenvalue weighted by Gasteiger charge is 2.37. The molecular weight excluding hydrogens is 469 g/mol. The fourth-order valence-corrected chi connectivity index (χ4v) is 3.38. The number of halogens is 3. The Balaban J connectivity index is 2.41. The minimum Gasteiger partial charge on any atom is -0.439 e. The zero-order valence-corrected chi connectivity index (χ0v) is 21.7. The first-order valence-corrected chi connectivity index (χ1v) is 12.1. The van der Waals surface area contributed by atoms with Crippen molar-refractivity contribution in [2.75, 3.05) is 0 Å². The number of carbonyl (C=O) groups is 1. The van der Waals surface area contributed by atoms with E-state index in [0.29, 0.717) is 24.2 Å². The predicted molar refractivity (Wildman–Crippen MR) is 135 cm³/mol. The molecule has 0 saturated carbocycles. The van der Waals surface area contributed by atoms with E-state index in [1.807, 2.05) is 32.9 Å². The van der Waals surface area contributed by atoms with Crippen molar-refractivity contribution in [1.82, 2.24) is 20.1 Å². The normalized spacial score (nSPS) is 13.1. The Hall–Kier alpha value is -3.36. The molecule has 0 saturated heterocycles. The highest BCUT2D eigenvalue weighted by Crippen LogP contribution is 2.35. The van der Waals surface area contributed by atoms with Crippen LogP contribution in [0, 0.1) is 12.8 Å². The molecule has 0 atom stereocenters. The molecule has 2 aromatic heterocycles. The molecule has 0 aliphatic rings. The van der Waals surface area contributed by atoms with Gasteiger partial charge in [-0.3, -0.25) is 9.78 Å². The molecule has 0 aliphatic heterocycles. The number of alkyl halides is 3. The number of nitrogens with zero attached hydrogens (tertiary/aromatic N) is 3. The highest BCUT2D eigenvalue weighted by atomic mass is 19.4. The highest BCUT2D eigenvalue weighted by molar-refractivity contribution is 5.94. The second-order valence-electron chi connectivity index (χ2n) is 8.73. The van der Waals surface area contributed by atoms with Crippen molar-refractivity contribution < 1.29 is 22.7 Å². The van der Waals surface area contributed by atoms with Gasteiger partial charge < -0.3 is 10.1 Å². The Morgan fingerprint density at radius 2 is 1.97 bits per heavy atom. The lowest BCUT2D eigenvalue weighted by atomic mass is 10.1. The van der Waals surface area contributed by atoms with E-state index in [0.717, 1.165) is 18.1 Å². The fourth-order valence-electron chi connectivity index (χ4n) is 3.38. The van der Waals surface area contributed by atoms with E-state index < -0.39 is 17.7 Å². The maximum absolute atomic E-state index is 13.9. The molecule has 0 unspecified atom stereocenters. The van der Waals surface area contributed by atoms with Gasteiger partial charge in [0.2, 0.25) is 5.88 Å². The van der Waals surface area contributed by atoms with Gasteiger partial charge in [0.05, 0.1) is 17.8 Å². The molecule has 0 aromatic carbocycles. The van der Waals surface area contributed by atoms with Gasteiger partial charge in [0.15, 0.2) is 5.69 Å². The number of hydrogen-bond donors (Lipinski definition) is 1. The molecule has 196 valence electrons. The van der Waals surface area contributed by atoms with Crippen LogP contribution in [0.2, 0.25) is 0 Å². The smallest absolute Gasteiger partial charge is 0.419 e. The molecule has 36 heavy (non-hydrogen) atoms. The van der Waals surface area contributed by atoms with Crippen LogP contribution in [0.15, 0.2) is 54.0 Å². The van der Waals surface area contributed by atoms with Crippen LogP contribution in [0.25, 0.3) is 0 Å². The van der Waals surface area contributed by atoms with Crippen LogP contribution in [-0.2, 0) is 19.5 Å². The summed E-state index contributed by atoms with van der Waals surface area (Å²) in [6.07, 6.45) is 3.50. The Bertz CT molecular complexity index is 1110. The monoisotopic (exact) mass is 504 g/mol. The lowest BCUT2D eigenvalue weighted by Crippen LogP contribution is -2.24. The third-order valence-electron chi connectivity index (χ3n) is 5.23. The summed E-state index contributed by atoms with van der Waals surface area (Å²) < 4.78 is 48.9. The molecule has 1 amide bonds. The van der Waals surface area contributed by atoms with Gasteiger partial charge in [-0.05, 0) is 56.4 Å². The van der Waals surface area contributed by atoms with Crippen LogP contribution >= 0.6 is 0 Å². The van der Waals surface area contributed by atoms with Crippen LogP contribution in [-0.4, -0.2) is 26.8 Å². The van der Waals surface area contributed by atoms with Crippen molar-refractivity contribution in [1.29, 1.82) is 0 Å². The van der Waals surface area contributed by atoms with Gasteiger partial charge in [-0.2, -0.15) is 18.3 Å². The summed E-state index contributed by atoms with van der Waals surface area (Å²) in [6, 6.07) is 3.79. The van der Waals surface area contributed by atoms with Crippen molar-refractivity contribution in [3.8, 4) is 5.88 Å². The average Bonchev–Trinajstić information content (AvgIpc) is 3.11. The second kappa shape index (κ2) is 13.1. The molecule has 0 aliphatic carbocycles. The standard InChI is InChI=1S/C27H35F3N4O2/c1-7-10-12-22(27(28,29)30)23(11-8-2)36-26-19(6)24(33-34(26)17-18(4)5)25(35)32-16-21-14-13-20(9-3)15-31-21/h7,10-15,18H,8-9,16-17H2,1-6H3,(H,32,35)/b10-7-,22-12+,23-11-. The summed E-state index contributed by atoms with van der Waals surface area (Å²) in [7, 11) is 0. The average molecular weight is 505 g/mol. The molecule has 1 N–H and O–H groups in total. The molecule has 2 rings (SSSR count). The molecule has 6 nitrogen and oxygen atoms in total. The van der Waals surface area contributed by atoms with Crippen LogP contribution in [0.3, 0.4) is 0 Å². The van der Waals surface area contributed by atoms with Gasteiger partial charge in [-0.15, -0.1) is 0 Å². The fraction of sp³-hybridized carbons (Fsp3) is 0.444. The quantitative estimate of drug-likeness (QED) is 0.281. The minimum atomic E-state index is -4.63. The first-order chi connectivity index (χ1) is 17.0. The molecule has 9 heteroatoms. The summed E-state index contributed by atoms with van der Waals surface area (Å²) in [5.41, 5.74) is 1.32. The van der Waals surface area contributed by atoms with Crippen molar-refractivity contribution in [2.24, 2.45) is 5.92 Å². The third-order valence-corrected chi connectivity index (χ3v) is 5.23. The molecule has 0 bridgehead atoms. The van der Waals surface area contributed by atoms with Gasteiger partial charge in [-0.25, -0.2) is 4.68 Å². The summed E-state index contributed by atoms with van der Waals surface area (Å²) >= 11 is 0. The van der Waals surface area contributed by atoms with E-state index in [2.05, 4.69) is 15.4 Å². The van der Waals surface area contributed by atoms with E-state index >= 15 is 0 Å². The second-order valence-corrected chi connectivity index (χ2v) is 8.73. The summed E-state index contributed by atoms with van der Waals surface area (Å²) in [6.45, 7) is 11.5. The zero-order chi connectivity index (χ0) is 26.9. The Morgan fingerprint density at radius 1 is 1.25 bits per heavy atom. The van der Waals surface area contributed by atoms with Crippen LogP contribution in [0.5, 0.6) is 5.88 Å². The van der Waals surface area contributed by atoms with Gasteiger partial charge in [-0.1, -0.05) is 45.9 Å². The summed E-state index contributed by atoms with van der Waals surface area (Å²) in [4.78, 5) is 17.3. The maximum Gasteiger partial charge on any atom is 0.419 e. The van der Waals surface area contributed by atoms with Gasteiger partial charge >= 0.3 is 6.18 Å². The topological polar surface area (TPSA) is 69.0 Å². The van der Waals surface area contributed by atoms with Crippen molar-refractivity contribution in [2.45, 2.75) is 73.6 Å². The summed E-state index contributed by atoms with van der Waals surface area (Å²) in [5.74, 6) is -0.566. The number of rotatable bonds is 11.